The van der Waals surface area contributed by atoms with Gasteiger partial charge in [-0.1, -0.05) is 20.3 Å². The lowest BCUT2D eigenvalue weighted by atomic mass is 9.67. The fourth-order valence-electron chi connectivity index (χ4n) is 2.73. The summed E-state index contributed by atoms with van der Waals surface area (Å²) in [5.74, 6) is 0. The van der Waals surface area contributed by atoms with Crippen LogP contribution in [0.15, 0.2) is 12.5 Å². The van der Waals surface area contributed by atoms with E-state index in [9.17, 15) is 0 Å². The number of aryl methyl sites for hydroxylation is 1. The highest BCUT2D eigenvalue weighted by molar-refractivity contribution is 4.98. The number of rotatable bonds is 7. The standard InChI is InChI=1S/C14H25N3/c1-3-8-17-12-16-10-13(17)9-15-11-14(4-2)6-5-7-14/h10,12,15H,3-9,11H2,1-2H3. The van der Waals surface area contributed by atoms with E-state index >= 15 is 0 Å². The highest BCUT2D eigenvalue weighted by Crippen LogP contribution is 2.43. The Hall–Kier alpha value is -0.830. The van der Waals surface area contributed by atoms with Gasteiger partial charge in [0.1, 0.15) is 0 Å². The second-order valence-corrected chi connectivity index (χ2v) is 5.39. The fraction of sp³-hybridized carbons (Fsp3) is 0.786. The molecule has 0 amide bonds. The molecule has 17 heavy (non-hydrogen) atoms. The number of nitrogens with one attached hydrogen (secondary N) is 1. The molecule has 0 saturated heterocycles. The first kappa shape index (κ1) is 12.6. The minimum atomic E-state index is 0.607. The molecule has 1 aliphatic carbocycles. The van der Waals surface area contributed by atoms with Gasteiger partial charge in [-0.15, -0.1) is 0 Å². The summed E-state index contributed by atoms with van der Waals surface area (Å²) in [6, 6.07) is 0. The number of hydrogen-bond donors (Lipinski definition) is 1. The summed E-state index contributed by atoms with van der Waals surface area (Å²) in [6.45, 7) is 7.73. The summed E-state index contributed by atoms with van der Waals surface area (Å²) >= 11 is 0. The maximum absolute atomic E-state index is 4.23. The van der Waals surface area contributed by atoms with E-state index in [1.165, 1.54) is 44.3 Å². The molecule has 0 aliphatic heterocycles. The molecule has 0 bridgehead atoms. The largest absolute Gasteiger partial charge is 0.333 e. The van der Waals surface area contributed by atoms with E-state index in [4.69, 9.17) is 0 Å². The van der Waals surface area contributed by atoms with Crippen molar-refractivity contribution < 1.29 is 0 Å². The van der Waals surface area contributed by atoms with Crippen molar-refractivity contribution in [2.24, 2.45) is 5.41 Å². The van der Waals surface area contributed by atoms with Crippen molar-refractivity contribution >= 4 is 0 Å². The van der Waals surface area contributed by atoms with Crippen LogP contribution in [-0.2, 0) is 13.1 Å². The van der Waals surface area contributed by atoms with Crippen molar-refractivity contribution in [2.75, 3.05) is 6.54 Å². The van der Waals surface area contributed by atoms with Crippen molar-refractivity contribution in [3.05, 3.63) is 18.2 Å². The Morgan fingerprint density at radius 1 is 1.41 bits per heavy atom. The molecule has 1 N–H and O–H groups in total. The van der Waals surface area contributed by atoms with Gasteiger partial charge in [-0.2, -0.15) is 0 Å². The molecule has 0 radical (unpaired) electrons. The Labute approximate surface area is 105 Å². The lowest BCUT2D eigenvalue weighted by molar-refractivity contribution is 0.123. The first-order valence-corrected chi connectivity index (χ1v) is 6.99. The highest BCUT2D eigenvalue weighted by atomic mass is 15.1. The van der Waals surface area contributed by atoms with Crippen molar-refractivity contribution in [1.29, 1.82) is 0 Å². The lowest BCUT2D eigenvalue weighted by Crippen LogP contribution is -2.39. The van der Waals surface area contributed by atoms with Crippen LogP contribution in [0, 0.1) is 5.41 Å². The maximum Gasteiger partial charge on any atom is 0.0948 e. The topological polar surface area (TPSA) is 29.9 Å². The van der Waals surface area contributed by atoms with E-state index in [2.05, 4.69) is 28.7 Å². The van der Waals surface area contributed by atoms with Crippen LogP contribution < -0.4 is 5.32 Å². The summed E-state index contributed by atoms with van der Waals surface area (Å²) in [7, 11) is 0. The van der Waals surface area contributed by atoms with Gasteiger partial charge in [-0.25, -0.2) is 4.98 Å². The van der Waals surface area contributed by atoms with Gasteiger partial charge in [0.05, 0.1) is 12.0 Å². The summed E-state index contributed by atoms with van der Waals surface area (Å²) in [5, 5.41) is 3.62. The van der Waals surface area contributed by atoms with E-state index in [1.807, 2.05) is 12.5 Å². The minimum absolute atomic E-state index is 0.607. The zero-order valence-corrected chi connectivity index (χ0v) is 11.2. The predicted molar refractivity (Wildman–Crippen MR) is 70.8 cm³/mol. The Morgan fingerprint density at radius 3 is 2.82 bits per heavy atom. The predicted octanol–water partition coefficient (Wildman–Crippen LogP) is 2.96. The first-order valence-electron chi connectivity index (χ1n) is 6.99. The van der Waals surface area contributed by atoms with Crippen LogP contribution in [0.3, 0.4) is 0 Å². The third kappa shape index (κ3) is 2.89. The molecule has 0 atom stereocenters. The molecule has 0 spiro atoms. The highest BCUT2D eigenvalue weighted by Gasteiger charge is 2.34. The van der Waals surface area contributed by atoms with Crippen molar-refractivity contribution in [3.8, 4) is 0 Å². The average Bonchev–Trinajstić information content (AvgIpc) is 2.71. The Morgan fingerprint density at radius 2 is 2.24 bits per heavy atom. The molecule has 0 aromatic carbocycles. The third-order valence-electron chi connectivity index (χ3n) is 4.23. The summed E-state index contributed by atoms with van der Waals surface area (Å²) in [4.78, 5) is 4.23. The third-order valence-corrected chi connectivity index (χ3v) is 4.23. The molecule has 1 aromatic rings. The van der Waals surface area contributed by atoms with Gasteiger partial charge in [0, 0.05) is 25.8 Å². The number of hydrogen-bond acceptors (Lipinski definition) is 2. The van der Waals surface area contributed by atoms with Crippen molar-refractivity contribution in [3.63, 3.8) is 0 Å². The van der Waals surface area contributed by atoms with Gasteiger partial charge in [-0.05, 0) is 31.1 Å². The molecule has 1 heterocycles. The molecule has 0 unspecified atom stereocenters. The monoisotopic (exact) mass is 235 g/mol. The number of nitrogens with zero attached hydrogens (tertiary/aromatic N) is 2. The molecule has 3 heteroatoms. The Bertz CT molecular complexity index is 333. The van der Waals surface area contributed by atoms with Gasteiger partial charge in [-0.3, -0.25) is 0 Å². The normalized spacial score (nSPS) is 18.0. The first-order chi connectivity index (χ1) is 8.29. The molecule has 1 aromatic heterocycles. The molecular weight excluding hydrogens is 210 g/mol. The van der Waals surface area contributed by atoms with Crippen LogP contribution >= 0.6 is 0 Å². The van der Waals surface area contributed by atoms with Crippen molar-refractivity contribution in [1.82, 2.24) is 14.9 Å². The van der Waals surface area contributed by atoms with E-state index in [0.29, 0.717) is 5.41 Å². The molecule has 1 saturated carbocycles. The molecule has 1 fully saturated rings. The van der Waals surface area contributed by atoms with Crippen LogP contribution in [0.4, 0.5) is 0 Å². The maximum atomic E-state index is 4.23. The number of aromatic nitrogens is 2. The summed E-state index contributed by atoms with van der Waals surface area (Å²) in [6.07, 6.45) is 10.6. The smallest absolute Gasteiger partial charge is 0.0948 e. The fourth-order valence-corrected chi connectivity index (χ4v) is 2.73. The molecular formula is C14H25N3. The molecule has 96 valence electrons. The van der Waals surface area contributed by atoms with Gasteiger partial charge in [0.2, 0.25) is 0 Å². The van der Waals surface area contributed by atoms with Crippen molar-refractivity contribution in [2.45, 2.75) is 59.0 Å². The van der Waals surface area contributed by atoms with E-state index in [1.54, 1.807) is 0 Å². The average molecular weight is 235 g/mol. The Balaban J connectivity index is 1.79. The summed E-state index contributed by atoms with van der Waals surface area (Å²) < 4.78 is 2.26. The summed E-state index contributed by atoms with van der Waals surface area (Å²) in [5.41, 5.74) is 1.92. The zero-order chi connectivity index (χ0) is 12.1. The second kappa shape index (κ2) is 5.67. The molecule has 1 aliphatic rings. The van der Waals surface area contributed by atoms with Crippen LogP contribution in [0.1, 0.15) is 51.6 Å². The van der Waals surface area contributed by atoms with Gasteiger partial charge < -0.3 is 9.88 Å². The molecule has 3 nitrogen and oxygen atoms in total. The van der Waals surface area contributed by atoms with Gasteiger partial charge >= 0.3 is 0 Å². The van der Waals surface area contributed by atoms with Crippen LogP contribution in [0.5, 0.6) is 0 Å². The quantitative estimate of drug-likeness (QED) is 0.787. The minimum Gasteiger partial charge on any atom is -0.333 e. The van der Waals surface area contributed by atoms with E-state index in [-0.39, 0.29) is 0 Å². The van der Waals surface area contributed by atoms with Gasteiger partial charge in [0.25, 0.3) is 0 Å². The van der Waals surface area contributed by atoms with Crippen LogP contribution in [-0.4, -0.2) is 16.1 Å². The zero-order valence-electron chi connectivity index (χ0n) is 11.2. The Kier molecular flexibility index (Phi) is 4.21. The van der Waals surface area contributed by atoms with E-state index in [0.717, 1.165) is 13.1 Å². The SMILES string of the molecule is CCCn1cncc1CNCC1(CC)CCC1. The van der Waals surface area contributed by atoms with Gasteiger partial charge in [0.15, 0.2) is 0 Å². The lowest BCUT2D eigenvalue weighted by Gasteiger charge is -2.41. The molecule has 2 rings (SSSR count). The van der Waals surface area contributed by atoms with Crippen LogP contribution in [0.25, 0.3) is 0 Å². The van der Waals surface area contributed by atoms with E-state index < -0.39 is 0 Å². The second-order valence-electron chi connectivity index (χ2n) is 5.39. The number of imidazole rings is 1. The van der Waals surface area contributed by atoms with Crippen LogP contribution in [0.2, 0.25) is 0 Å².